The molecule has 0 saturated carbocycles. The monoisotopic (exact) mass is 366 g/mol. The number of benzene rings is 2. The molecule has 2 N–H and O–H groups in total. The van der Waals surface area contributed by atoms with Gasteiger partial charge in [0, 0.05) is 17.3 Å². The highest BCUT2D eigenvalue weighted by Gasteiger charge is 2.13. The smallest absolute Gasteiger partial charge is 0.417 e. The maximum Gasteiger partial charge on any atom is 0.417 e. The minimum Gasteiger partial charge on any atom is -0.497 e. The Bertz CT molecular complexity index is 1160. The molecule has 0 aliphatic rings. The van der Waals surface area contributed by atoms with Crippen molar-refractivity contribution in [1.29, 1.82) is 0 Å². The first-order valence-electron chi connectivity index (χ1n) is 8.00. The molecule has 0 aliphatic heterocycles. The molecule has 9 heteroatoms. The molecule has 4 aromatic rings. The minimum atomic E-state index is -0.551. The fourth-order valence-electron chi connectivity index (χ4n) is 2.55. The number of carbonyl (C=O) groups excluding carboxylic acids is 1. The van der Waals surface area contributed by atoms with Crippen molar-refractivity contribution in [3.8, 4) is 17.1 Å². The second kappa shape index (κ2) is 6.79. The van der Waals surface area contributed by atoms with Crippen LogP contribution < -0.4 is 15.8 Å². The number of methoxy groups -OCH3 is 1. The molecule has 136 valence electrons. The molecule has 0 atom stereocenters. The fraction of sp³-hybridized carbons (Fsp3) is 0.111. The van der Waals surface area contributed by atoms with Gasteiger partial charge in [0.1, 0.15) is 12.2 Å². The first-order chi connectivity index (χ1) is 13.1. The Morgan fingerprint density at radius 2 is 2.04 bits per heavy atom. The van der Waals surface area contributed by atoms with E-state index in [9.17, 15) is 9.59 Å². The molecule has 1 amide bonds. The number of H-pyrrole nitrogens is 1. The number of fused-ring (bicyclic) bond motifs is 1. The van der Waals surface area contributed by atoms with E-state index in [1.165, 1.54) is 0 Å². The van der Waals surface area contributed by atoms with Gasteiger partial charge in [0.25, 0.3) is 0 Å². The van der Waals surface area contributed by atoms with Gasteiger partial charge in [0.2, 0.25) is 17.6 Å². The van der Waals surface area contributed by atoms with Crippen LogP contribution in [-0.4, -0.2) is 28.1 Å². The summed E-state index contributed by atoms with van der Waals surface area (Å²) in [5.41, 5.74) is 2.15. The number of nitrogens with zero attached hydrogens (tertiary/aromatic N) is 2. The molecule has 2 aromatic carbocycles. The van der Waals surface area contributed by atoms with Gasteiger partial charge in [-0.2, -0.15) is 4.98 Å². The number of carbonyl (C=O) groups is 1. The number of amides is 1. The molecule has 2 heterocycles. The van der Waals surface area contributed by atoms with Gasteiger partial charge < -0.3 is 19.0 Å². The Kier molecular flexibility index (Phi) is 4.17. The molecule has 4 rings (SSSR count). The van der Waals surface area contributed by atoms with Crippen molar-refractivity contribution in [3.05, 3.63) is 58.9 Å². The van der Waals surface area contributed by atoms with E-state index in [2.05, 4.69) is 20.4 Å². The number of oxazole rings is 1. The van der Waals surface area contributed by atoms with Crippen LogP contribution in [0.3, 0.4) is 0 Å². The maximum atomic E-state index is 12.2. The van der Waals surface area contributed by atoms with Gasteiger partial charge in [0.15, 0.2) is 5.58 Å². The SMILES string of the molecule is COc1ccc(-c2noc(CC(=O)Nc3ccc4[nH]c(=O)oc4c3)n2)cc1. The van der Waals surface area contributed by atoms with Gasteiger partial charge >= 0.3 is 5.76 Å². The number of hydrogen-bond donors (Lipinski definition) is 2. The number of anilines is 1. The van der Waals surface area contributed by atoms with Crippen molar-refractivity contribution in [2.45, 2.75) is 6.42 Å². The highest BCUT2D eigenvalue weighted by atomic mass is 16.5. The summed E-state index contributed by atoms with van der Waals surface area (Å²) in [5, 5.41) is 6.58. The van der Waals surface area contributed by atoms with Crippen molar-refractivity contribution in [2.75, 3.05) is 12.4 Å². The van der Waals surface area contributed by atoms with Gasteiger partial charge in [-0.25, -0.2) is 4.79 Å². The lowest BCUT2D eigenvalue weighted by Crippen LogP contribution is -2.14. The van der Waals surface area contributed by atoms with Crippen LogP contribution in [0.1, 0.15) is 5.89 Å². The summed E-state index contributed by atoms with van der Waals surface area (Å²) < 4.78 is 15.2. The molecular formula is C18H14N4O5. The Balaban J connectivity index is 1.44. The largest absolute Gasteiger partial charge is 0.497 e. The van der Waals surface area contributed by atoms with E-state index < -0.39 is 5.76 Å². The molecule has 0 aliphatic carbocycles. The zero-order valence-electron chi connectivity index (χ0n) is 14.2. The van der Waals surface area contributed by atoms with E-state index in [1.807, 2.05) is 0 Å². The van der Waals surface area contributed by atoms with E-state index in [-0.39, 0.29) is 18.2 Å². The van der Waals surface area contributed by atoms with Crippen LogP contribution in [0.5, 0.6) is 5.75 Å². The Labute approximate surface area is 152 Å². The average molecular weight is 366 g/mol. The highest BCUT2D eigenvalue weighted by Crippen LogP contribution is 2.20. The zero-order chi connectivity index (χ0) is 18.8. The number of nitrogens with one attached hydrogen (secondary N) is 2. The van der Waals surface area contributed by atoms with Gasteiger partial charge in [0.05, 0.1) is 12.6 Å². The number of ether oxygens (including phenoxy) is 1. The summed E-state index contributed by atoms with van der Waals surface area (Å²) >= 11 is 0. The fourth-order valence-corrected chi connectivity index (χ4v) is 2.55. The summed E-state index contributed by atoms with van der Waals surface area (Å²) in [5.74, 6) is 0.406. The number of hydrogen-bond acceptors (Lipinski definition) is 7. The van der Waals surface area contributed by atoms with Crippen molar-refractivity contribution in [1.82, 2.24) is 15.1 Å². The number of rotatable bonds is 5. The van der Waals surface area contributed by atoms with Crippen LogP contribution in [0.2, 0.25) is 0 Å². The molecule has 9 nitrogen and oxygen atoms in total. The van der Waals surface area contributed by atoms with Crippen LogP contribution in [0.4, 0.5) is 5.69 Å². The van der Waals surface area contributed by atoms with Crippen LogP contribution in [0, 0.1) is 0 Å². The summed E-state index contributed by atoms with van der Waals surface area (Å²) in [6.45, 7) is 0. The van der Waals surface area contributed by atoms with Gasteiger partial charge in [-0.3, -0.25) is 9.78 Å². The second-order valence-electron chi connectivity index (χ2n) is 5.69. The van der Waals surface area contributed by atoms with E-state index >= 15 is 0 Å². The third kappa shape index (κ3) is 3.56. The second-order valence-corrected chi connectivity index (χ2v) is 5.69. The van der Waals surface area contributed by atoms with Crippen molar-refractivity contribution >= 4 is 22.7 Å². The van der Waals surface area contributed by atoms with Gasteiger partial charge in [-0.05, 0) is 36.4 Å². The average Bonchev–Trinajstić information content (AvgIpc) is 3.27. The van der Waals surface area contributed by atoms with Crippen LogP contribution >= 0.6 is 0 Å². The third-order valence-electron chi connectivity index (χ3n) is 3.83. The zero-order valence-corrected chi connectivity index (χ0v) is 14.2. The standard InChI is InChI=1S/C18H14N4O5/c1-25-12-5-2-10(3-6-12)17-21-16(27-22-17)9-15(23)19-11-4-7-13-14(8-11)26-18(24)20-13/h2-8H,9H2,1H3,(H,19,23)(H,20,24). The van der Waals surface area contributed by atoms with Crippen molar-refractivity contribution in [3.63, 3.8) is 0 Å². The van der Waals surface area contributed by atoms with Crippen LogP contribution in [0.15, 0.2) is 56.2 Å². The highest BCUT2D eigenvalue weighted by molar-refractivity contribution is 5.93. The molecule has 0 unspecified atom stereocenters. The predicted molar refractivity (Wildman–Crippen MR) is 95.5 cm³/mol. The van der Waals surface area contributed by atoms with E-state index in [0.717, 1.165) is 11.3 Å². The predicted octanol–water partition coefficient (Wildman–Crippen LogP) is 2.36. The van der Waals surface area contributed by atoms with Gasteiger partial charge in [-0.1, -0.05) is 5.16 Å². The first kappa shape index (κ1) is 16.6. The van der Waals surface area contributed by atoms with E-state index in [4.69, 9.17) is 13.7 Å². The Hall–Kier alpha value is -3.88. The normalized spacial score (nSPS) is 10.9. The summed E-state index contributed by atoms with van der Waals surface area (Å²) in [6.07, 6.45) is -0.0850. The summed E-state index contributed by atoms with van der Waals surface area (Å²) in [6, 6.07) is 12.0. The lowest BCUT2D eigenvalue weighted by atomic mass is 10.2. The Morgan fingerprint density at radius 1 is 1.22 bits per heavy atom. The quantitative estimate of drug-likeness (QED) is 0.556. The molecule has 2 aromatic heterocycles. The van der Waals surface area contributed by atoms with Crippen molar-refractivity contribution in [2.24, 2.45) is 0 Å². The lowest BCUT2D eigenvalue weighted by Gasteiger charge is -2.02. The maximum absolute atomic E-state index is 12.2. The van der Waals surface area contributed by atoms with E-state index in [0.29, 0.717) is 22.6 Å². The van der Waals surface area contributed by atoms with E-state index in [1.54, 1.807) is 49.6 Å². The number of aromatic nitrogens is 3. The molecule has 0 spiro atoms. The van der Waals surface area contributed by atoms with Crippen LogP contribution in [0.25, 0.3) is 22.5 Å². The molecule has 0 radical (unpaired) electrons. The topological polar surface area (TPSA) is 123 Å². The Morgan fingerprint density at radius 3 is 2.81 bits per heavy atom. The number of aromatic amines is 1. The van der Waals surface area contributed by atoms with Crippen molar-refractivity contribution < 1.29 is 18.5 Å². The molecule has 0 fully saturated rings. The summed E-state index contributed by atoms with van der Waals surface area (Å²) in [4.78, 5) is 30.1. The minimum absolute atomic E-state index is 0.0850. The van der Waals surface area contributed by atoms with Gasteiger partial charge in [-0.15, -0.1) is 0 Å². The molecule has 0 saturated heterocycles. The van der Waals surface area contributed by atoms with Crippen LogP contribution in [-0.2, 0) is 11.2 Å². The molecular weight excluding hydrogens is 352 g/mol. The summed E-state index contributed by atoms with van der Waals surface area (Å²) in [7, 11) is 1.58. The molecule has 27 heavy (non-hydrogen) atoms. The third-order valence-corrected chi connectivity index (χ3v) is 3.83. The lowest BCUT2D eigenvalue weighted by molar-refractivity contribution is -0.115. The first-order valence-corrected chi connectivity index (χ1v) is 8.00. The molecule has 0 bridgehead atoms.